The first kappa shape index (κ1) is 14.7. The molecule has 0 amide bonds. The van der Waals surface area contributed by atoms with Gasteiger partial charge in [0.05, 0.1) is 0 Å². The SMILES string of the molecule is CCNC(CCc1ccc(C)cc1)Cc1ncnn1C. The summed E-state index contributed by atoms with van der Waals surface area (Å²) in [7, 11) is 1.95. The minimum Gasteiger partial charge on any atom is -0.314 e. The molecule has 2 aromatic rings. The third-order valence-electron chi connectivity index (χ3n) is 3.63. The number of benzene rings is 1. The summed E-state index contributed by atoms with van der Waals surface area (Å²) in [6.07, 6.45) is 4.76. The van der Waals surface area contributed by atoms with Gasteiger partial charge in [0.2, 0.25) is 0 Å². The molecule has 0 bridgehead atoms. The van der Waals surface area contributed by atoms with Crippen LogP contribution < -0.4 is 5.32 Å². The van der Waals surface area contributed by atoms with Gasteiger partial charge >= 0.3 is 0 Å². The van der Waals surface area contributed by atoms with Gasteiger partial charge in [-0.05, 0) is 31.9 Å². The van der Waals surface area contributed by atoms with Crippen LogP contribution in [0.3, 0.4) is 0 Å². The van der Waals surface area contributed by atoms with Crippen LogP contribution >= 0.6 is 0 Å². The topological polar surface area (TPSA) is 42.7 Å². The van der Waals surface area contributed by atoms with Crippen LogP contribution in [0.4, 0.5) is 0 Å². The lowest BCUT2D eigenvalue weighted by Crippen LogP contribution is -2.32. The molecule has 1 aromatic carbocycles. The monoisotopic (exact) mass is 272 g/mol. The molecule has 4 heteroatoms. The Balaban J connectivity index is 1.92. The molecule has 1 atom stereocenters. The van der Waals surface area contributed by atoms with Gasteiger partial charge in [-0.25, -0.2) is 4.98 Å². The van der Waals surface area contributed by atoms with Gasteiger partial charge in [0.15, 0.2) is 0 Å². The lowest BCUT2D eigenvalue weighted by atomic mass is 10.0. The van der Waals surface area contributed by atoms with Crippen LogP contribution in [0.1, 0.15) is 30.3 Å². The molecule has 1 unspecified atom stereocenters. The molecule has 0 aliphatic rings. The summed E-state index contributed by atoms with van der Waals surface area (Å²) in [4.78, 5) is 4.32. The van der Waals surface area contributed by atoms with Crippen molar-refractivity contribution in [3.63, 3.8) is 0 Å². The van der Waals surface area contributed by atoms with E-state index in [-0.39, 0.29) is 0 Å². The number of hydrogen-bond acceptors (Lipinski definition) is 3. The molecule has 4 nitrogen and oxygen atoms in total. The average Bonchev–Trinajstić information content (AvgIpc) is 2.84. The maximum Gasteiger partial charge on any atom is 0.138 e. The zero-order chi connectivity index (χ0) is 14.4. The molecule has 1 aromatic heterocycles. The summed E-state index contributed by atoms with van der Waals surface area (Å²) < 4.78 is 1.86. The van der Waals surface area contributed by atoms with Gasteiger partial charge in [-0.2, -0.15) is 5.10 Å². The molecule has 0 aliphatic heterocycles. The van der Waals surface area contributed by atoms with Crippen LogP contribution in [-0.2, 0) is 19.9 Å². The second-order valence-electron chi connectivity index (χ2n) is 5.28. The first-order valence-electron chi connectivity index (χ1n) is 7.31. The Hall–Kier alpha value is -1.68. The van der Waals surface area contributed by atoms with Crippen LogP contribution in [0.5, 0.6) is 0 Å². The average molecular weight is 272 g/mol. The minimum absolute atomic E-state index is 0.448. The highest BCUT2D eigenvalue weighted by atomic mass is 15.3. The van der Waals surface area contributed by atoms with Crippen molar-refractivity contribution in [3.05, 3.63) is 47.5 Å². The third-order valence-corrected chi connectivity index (χ3v) is 3.63. The van der Waals surface area contributed by atoms with E-state index < -0.39 is 0 Å². The fourth-order valence-corrected chi connectivity index (χ4v) is 2.39. The fourth-order valence-electron chi connectivity index (χ4n) is 2.39. The molecule has 108 valence electrons. The van der Waals surface area contributed by atoms with Crippen LogP contribution in [0.25, 0.3) is 0 Å². The van der Waals surface area contributed by atoms with Gasteiger partial charge in [-0.15, -0.1) is 0 Å². The van der Waals surface area contributed by atoms with E-state index in [9.17, 15) is 0 Å². The molecule has 0 aliphatic carbocycles. The first-order chi connectivity index (χ1) is 9.69. The van der Waals surface area contributed by atoms with Gasteiger partial charge < -0.3 is 5.32 Å². The predicted molar refractivity (Wildman–Crippen MR) is 81.7 cm³/mol. The van der Waals surface area contributed by atoms with E-state index in [4.69, 9.17) is 0 Å². The fraction of sp³-hybridized carbons (Fsp3) is 0.500. The molecule has 2 rings (SSSR count). The van der Waals surface area contributed by atoms with Crippen molar-refractivity contribution in [2.24, 2.45) is 7.05 Å². The van der Waals surface area contributed by atoms with Gasteiger partial charge in [0.1, 0.15) is 12.2 Å². The van der Waals surface area contributed by atoms with E-state index in [2.05, 4.69) is 53.5 Å². The maximum absolute atomic E-state index is 4.32. The molecule has 0 saturated carbocycles. The Morgan fingerprint density at radius 2 is 2.00 bits per heavy atom. The lowest BCUT2D eigenvalue weighted by Gasteiger charge is -2.17. The maximum atomic E-state index is 4.32. The van der Waals surface area contributed by atoms with Crippen molar-refractivity contribution < 1.29 is 0 Å². The van der Waals surface area contributed by atoms with Gasteiger partial charge in [-0.1, -0.05) is 36.8 Å². The summed E-state index contributed by atoms with van der Waals surface area (Å²) >= 11 is 0. The van der Waals surface area contributed by atoms with Crippen molar-refractivity contribution in [2.45, 2.75) is 39.2 Å². The summed E-state index contributed by atoms with van der Waals surface area (Å²) in [5.41, 5.74) is 2.72. The predicted octanol–water partition coefficient (Wildman–Crippen LogP) is 2.28. The molecule has 1 heterocycles. The van der Waals surface area contributed by atoms with E-state index in [1.165, 1.54) is 11.1 Å². The quantitative estimate of drug-likeness (QED) is 0.841. The highest BCUT2D eigenvalue weighted by molar-refractivity contribution is 5.21. The standard InChI is InChI=1S/C16H24N4/c1-4-17-15(11-16-18-12-19-20(16)3)10-9-14-7-5-13(2)6-8-14/h5-8,12,15,17H,4,9-11H2,1-3H3. The Morgan fingerprint density at radius 3 is 2.60 bits per heavy atom. The second kappa shape index (κ2) is 7.20. The summed E-state index contributed by atoms with van der Waals surface area (Å²) in [6.45, 7) is 5.26. The van der Waals surface area contributed by atoms with Crippen molar-refractivity contribution in [2.75, 3.05) is 6.54 Å². The van der Waals surface area contributed by atoms with E-state index in [1.54, 1.807) is 6.33 Å². The summed E-state index contributed by atoms with van der Waals surface area (Å²) in [6, 6.07) is 9.26. The number of aromatic nitrogens is 3. The van der Waals surface area contributed by atoms with E-state index >= 15 is 0 Å². The van der Waals surface area contributed by atoms with Crippen LogP contribution in [0.15, 0.2) is 30.6 Å². The molecule has 0 fully saturated rings. The molecule has 1 N–H and O–H groups in total. The van der Waals surface area contributed by atoms with Crippen LogP contribution in [0.2, 0.25) is 0 Å². The molecular formula is C16H24N4. The van der Waals surface area contributed by atoms with Gasteiger partial charge in [0.25, 0.3) is 0 Å². The molecular weight excluding hydrogens is 248 g/mol. The third kappa shape index (κ3) is 4.17. The van der Waals surface area contributed by atoms with E-state index in [1.807, 2.05) is 11.7 Å². The zero-order valence-electron chi connectivity index (χ0n) is 12.6. The molecule has 0 saturated heterocycles. The Morgan fingerprint density at radius 1 is 1.25 bits per heavy atom. The smallest absolute Gasteiger partial charge is 0.138 e. The summed E-state index contributed by atoms with van der Waals surface area (Å²) in [5.74, 6) is 1.04. The molecule has 0 spiro atoms. The van der Waals surface area contributed by atoms with Crippen molar-refractivity contribution in [3.8, 4) is 0 Å². The van der Waals surface area contributed by atoms with Crippen molar-refractivity contribution >= 4 is 0 Å². The number of likely N-dealkylation sites (N-methyl/N-ethyl adjacent to an activating group) is 1. The Kier molecular flexibility index (Phi) is 5.30. The number of nitrogens with one attached hydrogen (secondary N) is 1. The first-order valence-corrected chi connectivity index (χ1v) is 7.31. The Bertz CT molecular complexity index is 516. The van der Waals surface area contributed by atoms with Crippen LogP contribution in [0, 0.1) is 6.92 Å². The van der Waals surface area contributed by atoms with E-state index in [0.29, 0.717) is 6.04 Å². The summed E-state index contributed by atoms with van der Waals surface area (Å²) in [5, 5.41) is 7.68. The zero-order valence-corrected chi connectivity index (χ0v) is 12.6. The Labute approximate surface area is 121 Å². The number of hydrogen-bond donors (Lipinski definition) is 1. The van der Waals surface area contributed by atoms with Crippen molar-refractivity contribution in [1.82, 2.24) is 20.1 Å². The minimum atomic E-state index is 0.448. The van der Waals surface area contributed by atoms with Crippen molar-refractivity contribution in [1.29, 1.82) is 0 Å². The lowest BCUT2D eigenvalue weighted by molar-refractivity contribution is 0.473. The largest absolute Gasteiger partial charge is 0.314 e. The molecule has 0 radical (unpaired) electrons. The van der Waals surface area contributed by atoms with Crippen LogP contribution in [-0.4, -0.2) is 27.4 Å². The molecule has 20 heavy (non-hydrogen) atoms. The second-order valence-corrected chi connectivity index (χ2v) is 5.28. The highest BCUT2D eigenvalue weighted by Crippen LogP contribution is 2.10. The van der Waals surface area contributed by atoms with Gasteiger partial charge in [-0.3, -0.25) is 4.68 Å². The van der Waals surface area contributed by atoms with E-state index in [0.717, 1.165) is 31.6 Å². The number of rotatable bonds is 7. The highest BCUT2D eigenvalue weighted by Gasteiger charge is 2.12. The van der Waals surface area contributed by atoms with Gasteiger partial charge in [0, 0.05) is 19.5 Å². The normalized spacial score (nSPS) is 12.6. The number of nitrogens with zero attached hydrogens (tertiary/aromatic N) is 3. The number of aryl methyl sites for hydroxylation is 3.